The highest BCUT2D eigenvalue weighted by atomic mass is 35.5. The van der Waals surface area contributed by atoms with E-state index in [9.17, 15) is 0 Å². The molecule has 2 N–H and O–H groups in total. The van der Waals surface area contributed by atoms with E-state index in [2.05, 4.69) is 59.2 Å². The van der Waals surface area contributed by atoms with Crippen LogP contribution in [0.2, 0.25) is 0 Å². The molecule has 322 valence electrons. The molecule has 0 atom stereocenters. The summed E-state index contributed by atoms with van der Waals surface area (Å²) in [6.07, 6.45) is 48.2. The summed E-state index contributed by atoms with van der Waals surface area (Å²) >= 11 is 0. The molecule has 5 nitrogen and oxygen atoms in total. The summed E-state index contributed by atoms with van der Waals surface area (Å²) in [6, 6.07) is 0. The first-order chi connectivity index (χ1) is 24.9. The number of allylic oxidation sites excluding steroid dienone is 4. The summed E-state index contributed by atoms with van der Waals surface area (Å²) in [7, 11) is 8.54. The molecule has 53 heavy (non-hydrogen) atoms. The lowest BCUT2D eigenvalue weighted by Crippen LogP contribution is -3.06. The zero-order valence-electron chi connectivity index (χ0n) is 36.9. The van der Waals surface area contributed by atoms with Gasteiger partial charge in [0.2, 0.25) is 0 Å². The molecule has 7 heteroatoms. The molecule has 0 spiro atoms. The maximum Gasteiger partial charge on any atom is 0.308 e. The average Bonchev–Trinajstić information content (AvgIpc) is 3.10. The highest BCUT2D eigenvalue weighted by Gasteiger charge is 2.29. The molecule has 0 amide bonds. The molecule has 0 aliphatic carbocycles. The quantitative estimate of drug-likeness (QED) is 0.0348. The number of nitrogens with one attached hydrogen (secondary N) is 1. The Bertz CT molecular complexity index is 662. The van der Waals surface area contributed by atoms with Crippen molar-refractivity contribution in [3.63, 3.8) is 0 Å². The van der Waals surface area contributed by atoms with Crippen molar-refractivity contribution in [2.75, 3.05) is 61.1 Å². The number of nitrogens with zero attached hydrogens (tertiary/aromatic N) is 1. The number of hydrogen-bond acceptors (Lipinski definition) is 3. The summed E-state index contributed by atoms with van der Waals surface area (Å²) < 4.78 is 13.5. The molecule has 0 saturated carbocycles. The second-order valence-electron chi connectivity index (χ2n) is 16.1. The highest BCUT2D eigenvalue weighted by Crippen LogP contribution is 2.16. The molecule has 0 rings (SSSR count). The first-order valence-electron chi connectivity index (χ1n) is 22.6. The van der Waals surface area contributed by atoms with Crippen molar-refractivity contribution in [2.24, 2.45) is 0 Å². The Kier molecular flexibility index (Phi) is 56.0. The Morgan fingerprint density at radius 1 is 0.472 bits per heavy atom. The van der Waals surface area contributed by atoms with Gasteiger partial charge < -0.3 is 44.3 Å². The molecule has 0 saturated heterocycles. The van der Waals surface area contributed by atoms with Crippen LogP contribution in [0.3, 0.4) is 0 Å². The molecule has 0 radical (unpaired) electrons. The van der Waals surface area contributed by atoms with Crippen LogP contribution in [0.4, 0.5) is 0 Å². The largest absolute Gasteiger partial charge is 1.00 e. The number of aliphatic hydroxyl groups excluding tert-OH is 1. The van der Waals surface area contributed by atoms with Crippen molar-refractivity contribution >= 4 is 0 Å². The van der Waals surface area contributed by atoms with Gasteiger partial charge in [0.1, 0.15) is 6.54 Å². The van der Waals surface area contributed by atoms with E-state index >= 15 is 0 Å². The van der Waals surface area contributed by atoms with Crippen LogP contribution < -0.4 is 29.7 Å². The first-order valence-corrected chi connectivity index (χ1v) is 22.6. The van der Waals surface area contributed by atoms with Gasteiger partial charge in [0.25, 0.3) is 0 Å². The van der Waals surface area contributed by atoms with Crippen LogP contribution in [0.15, 0.2) is 24.3 Å². The Morgan fingerprint density at radius 2 is 0.774 bits per heavy atom. The van der Waals surface area contributed by atoms with Crippen molar-refractivity contribution in [1.82, 2.24) is 0 Å². The molecule has 0 bridgehead atoms. The molecule has 0 aliphatic heterocycles. The highest BCUT2D eigenvalue weighted by molar-refractivity contribution is 4.82. The van der Waals surface area contributed by atoms with Crippen LogP contribution in [0.1, 0.15) is 207 Å². The number of halogens is 2. The Morgan fingerprint density at radius 3 is 1.04 bits per heavy atom. The summed E-state index contributed by atoms with van der Waals surface area (Å²) in [5.74, 6) is 0. The summed E-state index contributed by atoms with van der Waals surface area (Å²) in [4.78, 5) is 1.29. The van der Waals surface area contributed by atoms with Crippen molar-refractivity contribution in [1.29, 1.82) is 0 Å². The third kappa shape index (κ3) is 49.8. The van der Waals surface area contributed by atoms with Gasteiger partial charge in [-0.3, -0.25) is 4.48 Å². The second-order valence-corrected chi connectivity index (χ2v) is 16.1. The average molecular weight is 796 g/mol. The van der Waals surface area contributed by atoms with E-state index in [1.165, 1.54) is 172 Å². The minimum absolute atomic E-state index is 0. The van der Waals surface area contributed by atoms with Crippen LogP contribution in [0.25, 0.3) is 0 Å². The predicted molar refractivity (Wildman–Crippen MR) is 227 cm³/mol. The van der Waals surface area contributed by atoms with E-state index < -0.39 is 0 Å². The molecule has 0 aromatic heterocycles. The summed E-state index contributed by atoms with van der Waals surface area (Å²) in [5.41, 5.74) is 0. The Labute approximate surface area is 346 Å². The maximum atomic E-state index is 8.22. The molecular weight excluding hydrogens is 699 g/mol. The number of likely N-dealkylation sites (N-methyl/N-ethyl adjacent to an activating group) is 1. The van der Waals surface area contributed by atoms with Crippen LogP contribution in [0, 0.1) is 0 Å². The first kappa shape index (κ1) is 59.6. The predicted octanol–water partition coefficient (Wildman–Crippen LogP) is 6.00. The van der Waals surface area contributed by atoms with E-state index in [0.29, 0.717) is 6.61 Å². The summed E-state index contributed by atoms with van der Waals surface area (Å²) in [6.45, 7) is 10.7. The van der Waals surface area contributed by atoms with E-state index in [-0.39, 0.29) is 31.2 Å². The smallest absolute Gasteiger partial charge is 0.308 e. The standard InChI is InChI=1S/C42H84NO2.C4H11NO.2ClH/c1-6-9-11-13-15-17-19-21-23-25-27-29-31-33-35-37-40-44-42(43(4,5)39-8-3)45-41-38-36-34-32-30-28-26-24-22-20-18-16-14-12-10-7-2;1-5(2)3-4-6;;/h21-24,42H,6-20,25-41H2,1-5H3;6H,3-4H2,1-2H3;2*1H/q+1;;;/p-1/b23-21-,24-22-;;;. The van der Waals surface area contributed by atoms with Gasteiger partial charge in [-0.15, -0.1) is 0 Å². The third-order valence-electron chi connectivity index (χ3n) is 9.82. The van der Waals surface area contributed by atoms with Gasteiger partial charge in [0, 0.05) is 0 Å². The molecule has 0 aromatic carbocycles. The minimum Gasteiger partial charge on any atom is -1.00 e. The number of quaternary nitrogens is 2. The van der Waals surface area contributed by atoms with Crippen molar-refractivity contribution < 1.29 is 48.8 Å². The monoisotopic (exact) mass is 795 g/mol. The van der Waals surface area contributed by atoms with Crippen LogP contribution in [-0.2, 0) is 9.47 Å². The topological polar surface area (TPSA) is 43.1 Å². The van der Waals surface area contributed by atoms with Gasteiger partial charge in [-0.05, 0) is 70.6 Å². The van der Waals surface area contributed by atoms with Gasteiger partial charge in [0.15, 0.2) is 0 Å². The van der Waals surface area contributed by atoms with E-state index in [1.807, 2.05) is 14.1 Å². The van der Waals surface area contributed by atoms with E-state index in [0.717, 1.165) is 50.0 Å². The summed E-state index contributed by atoms with van der Waals surface area (Å²) in [5, 5.41) is 8.22. The fourth-order valence-corrected chi connectivity index (χ4v) is 6.42. The maximum absolute atomic E-state index is 8.22. The normalized spacial score (nSPS) is 11.7. The van der Waals surface area contributed by atoms with Gasteiger partial charge in [-0.25, -0.2) is 0 Å². The van der Waals surface area contributed by atoms with Crippen LogP contribution >= 0.6 is 0 Å². The molecule has 0 fully saturated rings. The fourth-order valence-electron chi connectivity index (χ4n) is 6.42. The lowest BCUT2D eigenvalue weighted by Gasteiger charge is -2.36. The van der Waals surface area contributed by atoms with Gasteiger partial charge in [0.05, 0.1) is 54.6 Å². The van der Waals surface area contributed by atoms with Crippen molar-refractivity contribution in [2.45, 2.75) is 213 Å². The lowest BCUT2D eigenvalue weighted by atomic mass is 10.1. The SMILES string of the molecule is CCCCCCCC/C=C\CCCCCCCCOC(OCCCCCCCC/C=C\CCCCCCCC)[N+](C)(C)CCC.C[NH+](C)CCO.[Cl-].[Cl-]. The molecule has 0 heterocycles. The molecular formula is C46H96Cl2N2O3. The molecule has 0 aliphatic rings. The molecule has 0 aromatic rings. The number of rotatable bonds is 39. The van der Waals surface area contributed by atoms with Gasteiger partial charge in [-0.2, -0.15) is 0 Å². The van der Waals surface area contributed by atoms with Gasteiger partial charge >= 0.3 is 6.41 Å². The van der Waals surface area contributed by atoms with E-state index in [4.69, 9.17) is 14.6 Å². The lowest BCUT2D eigenvalue weighted by molar-refractivity contribution is -0.962. The van der Waals surface area contributed by atoms with Crippen LogP contribution in [-0.4, -0.2) is 77.1 Å². The zero-order valence-corrected chi connectivity index (χ0v) is 38.4. The third-order valence-corrected chi connectivity index (χ3v) is 9.82. The fraction of sp³-hybridized carbons (Fsp3) is 0.913. The van der Waals surface area contributed by atoms with Crippen molar-refractivity contribution in [3.8, 4) is 0 Å². The molecule has 0 unspecified atom stereocenters. The number of hydrogen-bond donors (Lipinski definition) is 2. The van der Waals surface area contributed by atoms with E-state index in [1.54, 1.807) is 0 Å². The Balaban J connectivity index is -0.00000137. The van der Waals surface area contributed by atoms with Crippen LogP contribution in [0.5, 0.6) is 0 Å². The number of unbranched alkanes of at least 4 members (excludes halogenated alkanes) is 24. The second kappa shape index (κ2) is 49.9. The Hall–Kier alpha value is -0.140. The zero-order chi connectivity index (χ0) is 37.9. The number of ether oxygens (including phenoxy) is 2. The minimum atomic E-state index is -0.129. The van der Waals surface area contributed by atoms with Gasteiger partial charge in [-0.1, -0.05) is 161 Å². The number of aliphatic hydroxyl groups is 1. The van der Waals surface area contributed by atoms with Crippen molar-refractivity contribution in [3.05, 3.63) is 24.3 Å².